The first-order valence-electron chi connectivity index (χ1n) is 6.45. The van der Waals surface area contributed by atoms with Crippen molar-refractivity contribution in [3.05, 3.63) is 41.7 Å². The third-order valence-electron chi connectivity index (χ3n) is 3.01. The molecule has 0 bridgehead atoms. The van der Waals surface area contributed by atoms with Gasteiger partial charge >= 0.3 is 5.97 Å². The number of hydrogen-bond acceptors (Lipinski definition) is 5. The van der Waals surface area contributed by atoms with E-state index in [0.29, 0.717) is 5.13 Å². The summed E-state index contributed by atoms with van der Waals surface area (Å²) in [6.45, 7) is 1.68. The predicted molar refractivity (Wildman–Crippen MR) is 82.2 cm³/mol. The summed E-state index contributed by atoms with van der Waals surface area (Å²) < 4.78 is 2.19. The highest BCUT2D eigenvalue weighted by Crippen LogP contribution is 2.28. The van der Waals surface area contributed by atoms with Crippen LogP contribution in [0.15, 0.2) is 30.5 Å². The highest BCUT2D eigenvalue weighted by Gasteiger charge is 2.14. The Hall–Kier alpha value is -2.74. The van der Waals surface area contributed by atoms with Crippen LogP contribution in [0.2, 0.25) is 0 Å². The Bertz CT molecular complexity index is 868. The van der Waals surface area contributed by atoms with Gasteiger partial charge in [0, 0.05) is 6.20 Å². The van der Waals surface area contributed by atoms with E-state index in [1.54, 1.807) is 0 Å². The second kappa shape index (κ2) is 5.57. The summed E-state index contributed by atoms with van der Waals surface area (Å²) in [6, 6.07) is 7.31. The second-order valence-corrected chi connectivity index (χ2v) is 5.72. The maximum Gasteiger partial charge on any atom is 0.325 e. The summed E-state index contributed by atoms with van der Waals surface area (Å²) in [6.07, 6.45) is 1.45. The van der Waals surface area contributed by atoms with Crippen LogP contribution in [0.3, 0.4) is 0 Å². The number of aryl methyl sites for hydroxylation is 1. The van der Waals surface area contributed by atoms with Gasteiger partial charge in [-0.1, -0.05) is 23.5 Å². The smallest absolute Gasteiger partial charge is 0.325 e. The molecule has 0 unspecified atom stereocenters. The topological polar surface area (TPSA) is 97.1 Å². The largest absolute Gasteiger partial charge is 0.480 e. The predicted octanol–water partition coefficient (Wildman–Crippen LogP) is 2.14. The van der Waals surface area contributed by atoms with Crippen molar-refractivity contribution in [2.24, 2.45) is 0 Å². The van der Waals surface area contributed by atoms with E-state index in [-0.39, 0.29) is 12.2 Å². The van der Waals surface area contributed by atoms with Gasteiger partial charge in [0.1, 0.15) is 6.54 Å². The number of nitrogens with one attached hydrogen (secondary N) is 1. The molecule has 1 aromatic carbocycles. The van der Waals surface area contributed by atoms with Crippen LogP contribution in [-0.2, 0) is 11.3 Å². The normalized spacial score (nSPS) is 10.8. The Morgan fingerprint density at radius 1 is 1.36 bits per heavy atom. The lowest BCUT2D eigenvalue weighted by molar-refractivity contribution is -0.137. The van der Waals surface area contributed by atoms with Crippen LogP contribution >= 0.6 is 11.3 Å². The zero-order valence-electron chi connectivity index (χ0n) is 11.6. The highest BCUT2D eigenvalue weighted by molar-refractivity contribution is 7.22. The van der Waals surface area contributed by atoms with E-state index < -0.39 is 11.9 Å². The summed E-state index contributed by atoms with van der Waals surface area (Å²) in [7, 11) is 0. The molecule has 2 N–H and O–H groups in total. The van der Waals surface area contributed by atoms with Crippen molar-refractivity contribution in [3.63, 3.8) is 0 Å². The molecule has 2 aromatic heterocycles. The van der Waals surface area contributed by atoms with E-state index in [1.165, 1.54) is 28.3 Å². The SMILES string of the molecule is Cc1cccc2sc(NC(=O)c3ccn(CC(=O)O)n3)nc12. The first-order chi connectivity index (χ1) is 10.5. The van der Waals surface area contributed by atoms with E-state index >= 15 is 0 Å². The van der Waals surface area contributed by atoms with Crippen molar-refractivity contribution in [1.82, 2.24) is 14.8 Å². The molecule has 0 aliphatic rings. The van der Waals surface area contributed by atoms with Gasteiger partial charge in [0.05, 0.1) is 10.2 Å². The molecule has 8 heteroatoms. The Morgan fingerprint density at radius 2 is 2.18 bits per heavy atom. The summed E-state index contributed by atoms with van der Waals surface area (Å²) in [4.78, 5) is 27.1. The number of nitrogens with zero attached hydrogens (tertiary/aromatic N) is 3. The molecule has 0 radical (unpaired) electrons. The van der Waals surface area contributed by atoms with Crippen molar-refractivity contribution in [3.8, 4) is 0 Å². The number of carbonyl (C=O) groups excluding carboxylic acids is 1. The molecule has 112 valence electrons. The number of fused-ring (bicyclic) bond motifs is 1. The Balaban J connectivity index is 1.79. The van der Waals surface area contributed by atoms with Crippen molar-refractivity contribution >= 4 is 38.6 Å². The Morgan fingerprint density at radius 3 is 2.91 bits per heavy atom. The van der Waals surface area contributed by atoms with Gasteiger partial charge in [-0.2, -0.15) is 5.10 Å². The molecular weight excluding hydrogens is 304 g/mol. The molecule has 3 aromatic rings. The lowest BCUT2D eigenvalue weighted by Gasteiger charge is -1.98. The average Bonchev–Trinajstić information content (AvgIpc) is 3.05. The van der Waals surface area contributed by atoms with Gasteiger partial charge in [-0.15, -0.1) is 0 Å². The minimum absolute atomic E-state index is 0.150. The molecule has 0 saturated heterocycles. The second-order valence-electron chi connectivity index (χ2n) is 4.69. The number of aliphatic carboxylic acids is 1. The van der Waals surface area contributed by atoms with Crippen LogP contribution in [0, 0.1) is 6.92 Å². The molecule has 0 atom stereocenters. The number of amides is 1. The van der Waals surface area contributed by atoms with Crippen LogP contribution in [0.4, 0.5) is 5.13 Å². The number of carboxylic acids is 1. The molecule has 0 spiro atoms. The van der Waals surface area contributed by atoms with E-state index in [9.17, 15) is 9.59 Å². The molecule has 0 fully saturated rings. The minimum Gasteiger partial charge on any atom is -0.480 e. The maximum absolute atomic E-state index is 12.1. The number of rotatable bonds is 4. The fourth-order valence-corrected chi connectivity index (χ4v) is 2.95. The molecule has 2 heterocycles. The standard InChI is InChI=1S/C14H12N4O3S/c1-8-3-2-4-10-12(8)15-14(22-10)16-13(21)9-5-6-18(17-9)7-11(19)20/h2-6H,7H2,1H3,(H,19,20)(H,15,16,21). The van der Waals surface area contributed by atoms with Gasteiger partial charge in [-0.25, -0.2) is 4.98 Å². The van der Waals surface area contributed by atoms with Crippen LogP contribution in [0.5, 0.6) is 0 Å². The van der Waals surface area contributed by atoms with Crippen molar-refractivity contribution < 1.29 is 14.7 Å². The van der Waals surface area contributed by atoms with Gasteiger partial charge in [-0.3, -0.25) is 19.6 Å². The van der Waals surface area contributed by atoms with Crippen LogP contribution < -0.4 is 5.32 Å². The molecule has 22 heavy (non-hydrogen) atoms. The molecule has 7 nitrogen and oxygen atoms in total. The number of benzene rings is 1. The third-order valence-corrected chi connectivity index (χ3v) is 3.95. The molecular formula is C14H12N4O3S. The fraction of sp³-hybridized carbons (Fsp3) is 0.143. The third kappa shape index (κ3) is 2.82. The minimum atomic E-state index is -1.02. The average molecular weight is 316 g/mol. The van der Waals surface area contributed by atoms with Gasteiger partial charge < -0.3 is 5.11 Å². The number of para-hydroxylation sites is 1. The molecule has 1 amide bonds. The van der Waals surface area contributed by atoms with Gasteiger partial charge in [0.2, 0.25) is 0 Å². The zero-order valence-corrected chi connectivity index (χ0v) is 12.4. The molecule has 0 aliphatic heterocycles. The number of anilines is 1. The Kier molecular flexibility index (Phi) is 3.60. The van der Waals surface area contributed by atoms with Crippen LogP contribution in [0.1, 0.15) is 16.1 Å². The summed E-state index contributed by atoms with van der Waals surface area (Å²) in [5, 5.41) is 15.8. The quantitative estimate of drug-likeness (QED) is 0.768. The lowest BCUT2D eigenvalue weighted by Crippen LogP contribution is -2.14. The van der Waals surface area contributed by atoms with Crippen molar-refractivity contribution in [2.75, 3.05) is 5.32 Å². The summed E-state index contributed by atoms with van der Waals surface area (Å²) >= 11 is 1.38. The fourth-order valence-electron chi connectivity index (χ4n) is 2.01. The Labute approximate surface area is 129 Å². The first-order valence-corrected chi connectivity index (χ1v) is 7.27. The molecule has 0 saturated carbocycles. The van der Waals surface area contributed by atoms with Gasteiger partial charge in [0.25, 0.3) is 5.91 Å². The first kappa shape index (κ1) is 14.2. The summed E-state index contributed by atoms with van der Waals surface area (Å²) in [5.41, 5.74) is 2.05. The van der Waals surface area contributed by atoms with E-state index in [0.717, 1.165) is 15.8 Å². The van der Waals surface area contributed by atoms with E-state index in [2.05, 4.69) is 15.4 Å². The molecule has 0 aliphatic carbocycles. The number of hydrogen-bond donors (Lipinski definition) is 2. The number of carboxylic acid groups (broad SMARTS) is 1. The van der Waals surface area contributed by atoms with Crippen molar-refractivity contribution in [1.29, 1.82) is 0 Å². The lowest BCUT2D eigenvalue weighted by atomic mass is 10.2. The van der Waals surface area contributed by atoms with E-state index in [4.69, 9.17) is 5.11 Å². The van der Waals surface area contributed by atoms with Crippen LogP contribution in [0.25, 0.3) is 10.2 Å². The number of carbonyl (C=O) groups is 2. The van der Waals surface area contributed by atoms with Crippen LogP contribution in [-0.4, -0.2) is 31.7 Å². The van der Waals surface area contributed by atoms with Gasteiger partial charge in [0.15, 0.2) is 10.8 Å². The highest BCUT2D eigenvalue weighted by atomic mass is 32.1. The number of aromatic nitrogens is 3. The molecule has 3 rings (SSSR count). The monoisotopic (exact) mass is 316 g/mol. The van der Waals surface area contributed by atoms with E-state index in [1.807, 2.05) is 25.1 Å². The maximum atomic E-state index is 12.1. The van der Waals surface area contributed by atoms with Crippen molar-refractivity contribution in [2.45, 2.75) is 13.5 Å². The zero-order chi connectivity index (χ0) is 15.7. The summed E-state index contributed by atoms with van der Waals surface area (Å²) in [5.74, 6) is -1.43. The van der Waals surface area contributed by atoms with Gasteiger partial charge in [-0.05, 0) is 24.6 Å². The number of thiazole rings is 1.